The summed E-state index contributed by atoms with van der Waals surface area (Å²) in [5.74, 6) is 0.799. The predicted octanol–water partition coefficient (Wildman–Crippen LogP) is 4.12. The van der Waals surface area contributed by atoms with Gasteiger partial charge in [-0.2, -0.15) is 5.10 Å². The first-order chi connectivity index (χ1) is 17.7. The lowest BCUT2D eigenvalue weighted by atomic mass is 9.96. The van der Waals surface area contributed by atoms with Crippen LogP contribution in [-0.2, 0) is 11.8 Å². The summed E-state index contributed by atoms with van der Waals surface area (Å²) in [5.41, 5.74) is 10.0. The summed E-state index contributed by atoms with van der Waals surface area (Å²) in [5, 5.41) is 4.40. The number of nitrogens with zero attached hydrogens (tertiary/aromatic N) is 5. The van der Waals surface area contributed by atoms with Gasteiger partial charge in [-0.1, -0.05) is 0 Å². The van der Waals surface area contributed by atoms with Crippen molar-refractivity contribution in [3.05, 3.63) is 24.5 Å². The maximum Gasteiger partial charge on any atom is 0.410 e. The molecular formula is C28H42N6O3. The highest BCUT2D eigenvalue weighted by Crippen LogP contribution is 2.41. The number of piperazine rings is 1. The SMILES string of the molecule is Cn1cc(-c2cc(N)c(OC3CCC3)cc2N2CCC(N3CCN(C(=O)OC(C)(C)C)CC3)CC2)cn1. The van der Waals surface area contributed by atoms with Gasteiger partial charge in [0, 0.05) is 81.4 Å². The van der Waals surface area contributed by atoms with Crippen molar-refractivity contribution in [1.82, 2.24) is 19.6 Å². The van der Waals surface area contributed by atoms with Crippen LogP contribution in [0.1, 0.15) is 52.9 Å². The van der Waals surface area contributed by atoms with Gasteiger partial charge in [-0.15, -0.1) is 0 Å². The Hall–Kier alpha value is -2.94. The highest BCUT2D eigenvalue weighted by molar-refractivity contribution is 5.83. The third-order valence-corrected chi connectivity index (χ3v) is 7.78. The van der Waals surface area contributed by atoms with Gasteiger partial charge >= 0.3 is 6.09 Å². The predicted molar refractivity (Wildman–Crippen MR) is 146 cm³/mol. The van der Waals surface area contributed by atoms with Gasteiger partial charge in [0.25, 0.3) is 0 Å². The number of hydrogen-bond donors (Lipinski definition) is 1. The molecule has 2 aromatic rings. The smallest absolute Gasteiger partial charge is 0.410 e. The summed E-state index contributed by atoms with van der Waals surface area (Å²) in [6, 6.07) is 4.73. The molecule has 1 saturated carbocycles. The van der Waals surface area contributed by atoms with Crippen molar-refractivity contribution in [1.29, 1.82) is 0 Å². The normalized spacial score (nSPS) is 20.1. The summed E-state index contributed by atoms with van der Waals surface area (Å²) >= 11 is 0. The van der Waals surface area contributed by atoms with Crippen LogP contribution in [0.25, 0.3) is 11.1 Å². The van der Waals surface area contributed by atoms with Gasteiger partial charge in [0.05, 0.1) is 18.0 Å². The van der Waals surface area contributed by atoms with Crippen molar-refractivity contribution in [3.8, 4) is 16.9 Å². The van der Waals surface area contributed by atoms with Crippen molar-refractivity contribution >= 4 is 17.5 Å². The molecule has 1 aliphatic carbocycles. The van der Waals surface area contributed by atoms with Crippen LogP contribution >= 0.6 is 0 Å². The minimum Gasteiger partial charge on any atom is -0.488 e. The lowest BCUT2D eigenvalue weighted by molar-refractivity contribution is 0.00902. The van der Waals surface area contributed by atoms with E-state index in [4.69, 9.17) is 15.2 Å². The number of hydrogen-bond acceptors (Lipinski definition) is 7. The molecule has 0 atom stereocenters. The summed E-state index contributed by atoms with van der Waals surface area (Å²) in [6.07, 6.45) is 9.63. The maximum absolute atomic E-state index is 12.4. The van der Waals surface area contributed by atoms with E-state index in [1.807, 2.05) is 49.8 Å². The molecule has 1 aromatic carbocycles. The number of nitrogens with two attached hydrogens (primary N) is 1. The summed E-state index contributed by atoms with van der Waals surface area (Å²) in [7, 11) is 1.94. The zero-order chi connectivity index (χ0) is 26.2. The molecule has 0 spiro atoms. The molecule has 1 aromatic heterocycles. The number of anilines is 2. The number of aryl methyl sites for hydroxylation is 1. The number of aromatic nitrogens is 2. The molecule has 0 bridgehead atoms. The van der Waals surface area contributed by atoms with Crippen molar-refractivity contribution < 1.29 is 14.3 Å². The fraction of sp³-hybridized carbons (Fsp3) is 0.643. The quantitative estimate of drug-likeness (QED) is 0.605. The number of rotatable bonds is 5. The third kappa shape index (κ3) is 5.98. The van der Waals surface area contributed by atoms with E-state index in [0.29, 0.717) is 11.7 Å². The molecule has 3 fully saturated rings. The number of nitrogen functional groups attached to an aromatic ring is 1. The van der Waals surface area contributed by atoms with Crippen molar-refractivity contribution in [3.63, 3.8) is 0 Å². The molecule has 0 unspecified atom stereocenters. The Bertz CT molecular complexity index is 1090. The van der Waals surface area contributed by atoms with Crippen LogP contribution in [-0.4, -0.2) is 82.7 Å². The Morgan fingerprint density at radius 3 is 2.30 bits per heavy atom. The molecule has 2 saturated heterocycles. The first-order valence-electron chi connectivity index (χ1n) is 13.7. The topological polar surface area (TPSA) is 89.1 Å². The van der Waals surface area contributed by atoms with E-state index in [1.54, 1.807) is 0 Å². The second-order valence-electron chi connectivity index (χ2n) is 11.7. The van der Waals surface area contributed by atoms with Gasteiger partial charge in [0.1, 0.15) is 11.4 Å². The second-order valence-corrected chi connectivity index (χ2v) is 11.7. The first kappa shape index (κ1) is 25.7. The van der Waals surface area contributed by atoms with Gasteiger partial charge in [-0.05, 0) is 58.9 Å². The molecule has 3 heterocycles. The fourth-order valence-corrected chi connectivity index (χ4v) is 5.48. The lowest BCUT2D eigenvalue weighted by Gasteiger charge is -2.43. The number of carbonyl (C=O) groups is 1. The van der Waals surface area contributed by atoms with Gasteiger partial charge in [0.15, 0.2) is 0 Å². The Labute approximate surface area is 220 Å². The van der Waals surface area contributed by atoms with E-state index in [0.717, 1.165) is 81.8 Å². The monoisotopic (exact) mass is 510 g/mol. The summed E-state index contributed by atoms with van der Waals surface area (Å²) < 4.78 is 13.7. The molecular weight excluding hydrogens is 468 g/mol. The zero-order valence-corrected chi connectivity index (χ0v) is 22.8. The van der Waals surface area contributed by atoms with Crippen molar-refractivity contribution in [2.24, 2.45) is 7.05 Å². The van der Waals surface area contributed by atoms with Crippen LogP contribution in [0.4, 0.5) is 16.2 Å². The van der Waals surface area contributed by atoms with Crippen molar-refractivity contribution in [2.75, 3.05) is 49.9 Å². The number of benzene rings is 1. The second kappa shape index (κ2) is 10.4. The molecule has 37 heavy (non-hydrogen) atoms. The van der Waals surface area contributed by atoms with Crippen LogP contribution in [0.3, 0.4) is 0 Å². The van der Waals surface area contributed by atoms with Crippen LogP contribution in [0, 0.1) is 0 Å². The molecule has 3 aliphatic rings. The van der Waals surface area contributed by atoms with Crippen LogP contribution in [0.15, 0.2) is 24.5 Å². The maximum atomic E-state index is 12.4. The van der Waals surface area contributed by atoms with E-state index in [9.17, 15) is 4.79 Å². The zero-order valence-electron chi connectivity index (χ0n) is 22.8. The standard InChI is InChI=1S/C28H42N6O3/c1-28(2,3)37-27(35)34-14-12-32(13-15-34)21-8-10-33(11-9-21)25-17-26(36-22-6-5-7-22)24(29)16-23(25)20-18-30-31(4)19-20/h16-19,21-22H,5-15,29H2,1-4H3. The first-order valence-corrected chi connectivity index (χ1v) is 13.7. The van der Waals surface area contributed by atoms with Crippen molar-refractivity contribution in [2.45, 2.75) is 70.6 Å². The number of amides is 1. The van der Waals surface area contributed by atoms with Crippen LogP contribution in [0.2, 0.25) is 0 Å². The highest BCUT2D eigenvalue weighted by Gasteiger charge is 2.32. The number of piperidine rings is 1. The number of carbonyl (C=O) groups excluding carboxylic acids is 1. The Kier molecular flexibility index (Phi) is 7.25. The van der Waals surface area contributed by atoms with Gasteiger partial charge in [-0.3, -0.25) is 9.58 Å². The third-order valence-electron chi connectivity index (χ3n) is 7.78. The fourth-order valence-electron chi connectivity index (χ4n) is 5.48. The van der Waals surface area contributed by atoms with Gasteiger partial charge < -0.3 is 25.0 Å². The Morgan fingerprint density at radius 2 is 1.73 bits per heavy atom. The van der Waals surface area contributed by atoms with E-state index in [1.165, 1.54) is 12.1 Å². The largest absolute Gasteiger partial charge is 0.488 e. The summed E-state index contributed by atoms with van der Waals surface area (Å²) in [4.78, 5) is 19.3. The Morgan fingerprint density at radius 1 is 1.03 bits per heavy atom. The Balaban J connectivity index is 1.24. The average molecular weight is 511 g/mol. The minimum atomic E-state index is -0.458. The molecule has 2 aliphatic heterocycles. The molecule has 1 amide bonds. The van der Waals surface area contributed by atoms with Gasteiger partial charge in [0.2, 0.25) is 0 Å². The molecule has 9 nitrogen and oxygen atoms in total. The highest BCUT2D eigenvalue weighted by atomic mass is 16.6. The molecule has 202 valence electrons. The molecule has 9 heteroatoms. The van der Waals surface area contributed by atoms with Gasteiger partial charge in [-0.25, -0.2) is 4.79 Å². The summed E-state index contributed by atoms with van der Waals surface area (Å²) in [6.45, 7) is 10.9. The number of ether oxygens (including phenoxy) is 2. The molecule has 2 N–H and O–H groups in total. The van der Waals surface area contributed by atoms with E-state index >= 15 is 0 Å². The van der Waals surface area contributed by atoms with Crippen LogP contribution in [0.5, 0.6) is 5.75 Å². The van der Waals surface area contributed by atoms with E-state index in [-0.39, 0.29) is 12.2 Å². The average Bonchev–Trinajstić information content (AvgIpc) is 3.27. The molecule has 5 rings (SSSR count). The minimum absolute atomic E-state index is 0.201. The van der Waals surface area contributed by atoms with Crippen LogP contribution < -0.4 is 15.4 Å². The lowest BCUT2D eigenvalue weighted by Crippen LogP contribution is -2.55. The van der Waals surface area contributed by atoms with E-state index < -0.39 is 5.60 Å². The molecule has 0 radical (unpaired) electrons. The van der Waals surface area contributed by atoms with E-state index in [2.05, 4.69) is 27.0 Å².